The van der Waals surface area contributed by atoms with Crippen LogP contribution >= 0.6 is 0 Å². The van der Waals surface area contributed by atoms with E-state index >= 15 is 0 Å². The Morgan fingerprint density at radius 1 is 1.23 bits per heavy atom. The van der Waals surface area contributed by atoms with Crippen molar-refractivity contribution in [2.75, 3.05) is 18.9 Å². The topological polar surface area (TPSA) is 49.4 Å². The molecule has 0 saturated heterocycles. The largest absolute Gasteiger partial charge is 0.418 e. The van der Waals surface area contributed by atoms with E-state index in [1.54, 1.807) is 7.05 Å². The molecule has 1 rings (SSSR count). The van der Waals surface area contributed by atoms with Crippen LogP contribution in [0.2, 0.25) is 0 Å². The normalized spacial score (nSPS) is 11.1. The Morgan fingerprint density at radius 3 is 2.45 bits per heavy atom. The minimum Gasteiger partial charge on any atom is -0.345 e. The molecule has 7 heteroatoms. The Morgan fingerprint density at radius 2 is 1.86 bits per heavy atom. The smallest absolute Gasteiger partial charge is 0.345 e. The summed E-state index contributed by atoms with van der Waals surface area (Å²) in [6.45, 7) is 2.49. The summed E-state index contributed by atoms with van der Waals surface area (Å²) < 4.78 is 38.4. The summed E-state index contributed by atoms with van der Waals surface area (Å²) in [4.78, 5) is 24.9. The van der Waals surface area contributed by atoms with Gasteiger partial charge in [-0.1, -0.05) is 25.5 Å². The zero-order chi connectivity index (χ0) is 16.8. The van der Waals surface area contributed by atoms with Crippen molar-refractivity contribution in [2.45, 2.75) is 32.4 Å². The summed E-state index contributed by atoms with van der Waals surface area (Å²) in [6, 6.07) is 4.67. The number of rotatable bonds is 6. The van der Waals surface area contributed by atoms with E-state index in [9.17, 15) is 22.8 Å². The average molecular weight is 316 g/mol. The van der Waals surface area contributed by atoms with Gasteiger partial charge >= 0.3 is 6.18 Å². The van der Waals surface area contributed by atoms with Gasteiger partial charge in [0.15, 0.2) is 0 Å². The molecule has 0 unspecified atom stereocenters. The van der Waals surface area contributed by atoms with Crippen LogP contribution in [-0.2, 0) is 15.8 Å². The van der Waals surface area contributed by atoms with Gasteiger partial charge in [0, 0.05) is 13.6 Å². The zero-order valence-electron chi connectivity index (χ0n) is 12.5. The number of unbranched alkanes of at least 4 members (excludes halogenated alkanes) is 1. The molecule has 0 radical (unpaired) electrons. The SMILES string of the molecule is CCCCN(C)C(=O)CC(=O)Nc1ccccc1C(F)(F)F. The lowest BCUT2D eigenvalue weighted by atomic mass is 10.1. The molecule has 122 valence electrons. The fourth-order valence-electron chi connectivity index (χ4n) is 1.83. The monoisotopic (exact) mass is 316 g/mol. The first-order valence-electron chi connectivity index (χ1n) is 6.95. The molecule has 4 nitrogen and oxygen atoms in total. The Bertz CT molecular complexity index is 530. The number of halogens is 3. The number of hydrogen-bond donors (Lipinski definition) is 1. The van der Waals surface area contributed by atoms with Gasteiger partial charge in [-0.25, -0.2) is 0 Å². The molecule has 1 aromatic rings. The quantitative estimate of drug-likeness (QED) is 0.819. The molecule has 0 atom stereocenters. The van der Waals surface area contributed by atoms with Gasteiger partial charge in [-0.2, -0.15) is 13.2 Å². The van der Waals surface area contributed by atoms with Crippen molar-refractivity contribution in [2.24, 2.45) is 0 Å². The van der Waals surface area contributed by atoms with Crippen LogP contribution < -0.4 is 5.32 Å². The molecule has 1 N–H and O–H groups in total. The number of para-hydroxylation sites is 1. The fraction of sp³-hybridized carbons (Fsp3) is 0.467. The lowest BCUT2D eigenvalue weighted by Crippen LogP contribution is -2.31. The van der Waals surface area contributed by atoms with Gasteiger partial charge in [-0.15, -0.1) is 0 Å². The summed E-state index contributed by atoms with van der Waals surface area (Å²) >= 11 is 0. The Hall–Kier alpha value is -2.05. The van der Waals surface area contributed by atoms with Crippen LogP contribution in [0.4, 0.5) is 18.9 Å². The highest BCUT2D eigenvalue weighted by Crippen LogP contribution is 2.34. The highest BCUT2D eigenvalue weighted by molar-refractivity contribution is 6.03. The molecule has 0 bridgehead atoms. The van der Waals surface area contributed by atoms with Gasteiger partial charge in [-0.05, 0) is 18.6 Å². The van der Waals surface area contributed by atoms with Gasteiger partial charge in [0.25, 0.3) is 0 Å². The second-order valence-electron chi connectivity index (χ2n) is 4.94. The molecule has 0 aliphatic carbocycles. The lowest BCUT2D eigenvalue weighted by molar-refractivity contribution is -0.137. The molecule has 0 aliphatic heterocycles. The molecule has 0 saturated carbocycles. The maximum Gasteiger partial charge on any atom is 0.418 e. The van der Waals surface area contributed by atoms with Gasteiger partial charge in [0.05, 0.1) is 11.3 Å². The van der Waals surface area contributed by atoms with Gasteiger partial charge in [0.2, 0.25) is 11.8 Å². The van der Waals surface area contributed by atoms with Crippen LogP contribution in [0.15, 0.2) is 24.3 Å². The molecule has 0 spiro atoms. The average Bonchev–Trinajstić information content (AvgIpc) is 2.43. The standard InChI is InChI=1S/C15H19F3N2O2/c1-3-4-9-20(2)14(22)10-13(21)19-12-8-6-5-7-11(12)15(16,17)18/h5-8H,3-4,9-10H2,1-2H3,(H,19,21). The van der Waals surface area contributed by atoms with Crippen molar-refractivity contribution in [3.63, 3.8) is 0 Å². The first-order valence-corrected chi connectivity index (χ1v) is 6.95. The van der Waals surface area contributed by atoms with Crippen LogP contribution in [0.5, 0.6) is 0 Å². The molecule has 0 fully saturated rings. The van der Waals surface area contributed by atoms with Crippen molar-refractivity contribution in [1.29, 1.82) is 0 Å². The number of alkyl halides is 3. The number of hydrogen-bond acceptors (Lipinski definition) is 2. The number of carbonyl (C=O) groups excluding carboxylic acids is 2. The van der Waals surface area contributed by atoms with E-state index in [0.717, 1.165) is 25.0 Å². The molecule has 1 aromatic carbocycles. The number of nitrogens with zero attached hydrogens (tertiary/aromatic N) is 1. The van der Waals surface area contributed by atoms with Crippen molar-refractivity contribution >= 4 is 17.5 Å². The number of carbonyl (C=O) groups is 2. The molecule has 0 heterocycles. The van der Waals surface area contributed by atoms with Gasteiger partial charge in [-0.3, -0.25) is 9.59 Å². The van der Waals surface area contributed by atoms with Gasteiger partial charge in [0.1, 0.15) is 6.42 Å². The number of nitrogens with one attached hydrogen (secondary N) is 1. The summed E-state index contributed by atoms with van der Waals surface area (Å²) in [5, 5.41) is 2.15. The minimum absolute atomic E-state index is 0.344. The highest BCUT2D eigenvalue weighted by Gasteiger charge is 2.33. The van der Waals surface area contributed by atoms with Crippen molar-refractivity contribution < 1.29 is 22.8 Å². The predicted octanol–water partition coefficient (Wildman–Crippen LogP) is 3.29. The second-order valence-corrected chi connectivity index (χ2v) is 4.94. The Balaban J connectivity index is 2.68. The van der Waals surface area contributed by atoms with Crippen LogP contribution in [0.3, 0.4) is 0 Å². The van der Waals surface area contributed by atoms with E-state index in [0.29, 0.717) is 6.54 Å². The zero-order valence-corrected chi connectivity index (χ0v) is 12.5. The number of amides is 2. The van der Waals surface area contributed by atoms with Crippen LogP contribution in [0, 0.1) is 0 Å². The maximum atomic E-state index is 12.8. The van der Waals surface area contributed by atoms with E-state index in [4.69, 9.17) is 0 Å². The lowest BCUT2D eigenvalue weighted by Gasteiger charge is -2.17. The van der Waals surface area contributed by atoms with E-state index in [-0.39, 0.29) is 5.69 Å². The van der Waals surface area contributed by atoms with Crippen LogP contribution in [0.25, 0.3) is 0 Å². The number of anilines is 1. The Kier molecular flexibility index (Phi) is 6.39. The third kappa shape index (κ3) is 5.38. The number of benzene rings is 1. The van der Waals surface area contributed by atoms with E-state index in [1.807, 2.05) is 6.92 Å². The van der Waals surface area contributed by atoms with E-state index in [1.165, 1.54) is 17.0 Å². The van der Waals surface area contributed by atoms with Crippen LogP contribution in [0.1, 0.15) is 31.7 Å². The summed E-state index contributed by atoms with van der Waals surface area (Å²) in [5.41, 5.74) is -1.28. The second kappa shape index (κ2) is 7.82. The molecule has 2 amide bonds. The summed E-state index contributed by atoms with van der Waals surface area (Å²) in [7, 11) is 1.56. The van der Waals surface area contributed by atoms with Gasteiger partial charge < -0.3 is 10.2 Å². The summed E-state index contributed by atoms with van der Waals surface area (Å²) in [6.07, 6.45) is -3.33. The van der Waals surface area contributed by atoms with Crippen LogP contribution in [-0.4, -0.2) is 30.3 Å². The minimum atomic E-state index is -4.56. The van der Waals surface area contributed by atoms with Crippen molar-refractivity contribution in [1.82, 2.24) is 4.90 Å². The molecular weight excluding hydrogens is 297 g/mol. The first-order chi connectivity index (χ1) is 10.3. The van der Waals surface area contributed by atoms with E-state index < -0.39 is 30.0 Å². The Labute approximate surface area is 127 Å². The first kappa shape index (κ1) is 18.0. The third-order valence-electron chi connectivity index (χ3n) is 3.09. The van der Waals surface area contributed by atoms with Crippen molar-refractivity contribution in [3.05, 3.63) is 29.8 Å². The predicted molar refractivity (Wildman–Crippen MR) is 77.2 cm³/mol. The van der Waals surface area contributed by atoms with Crippen molar-refractivity contribution in [3.8, 4) is 0 Å². The molecule has 22 heavy (non-hydrogen) atoms. The summed E-state index contributed by atoms with van der Waals surface area (Å²) in [5.74, 6) is -1.18. The third-order valence-corrected chi connectivity index (χ3v) is 3.09. The van der Waals surface area contributed by atoms with E-state index in [2.05, 4.69) is 5.32 Å². The molecule has 0 aromatic heterocycles. The highest BCUT2D eigenvalue weighted by atomic mass is 19.4. The molecule has 0 aliphatic rings. The molecular formula is C15H19F3N2O2. The maximum absolute atomic E-state index is 12.8. The fourth-order valence-corrected chi connectivity index (χ4v) is 1.83.